The Morgan fingerprint density at radius 1 is 1.47 bits per heavy atom. The highest BCUT2D eigenvalue weighted by Gasteiger charge is 2.15. The van der Waals surface area contributed by atoms with Gasteiger partial charge in [0.15, 0.2) is 0 Å². The minimum atomic E-state index is -0.640. The second kappa shape index (κ2) is 5.17. The molecule has 1 aromatic rings. The third-order valence-corrected chi connectivity index (χ3v) is 2.01. The predicted octanol–water partition coefficient (Wildman–Crippen LogP) is 1.25. The number of carbonyl (C=O) groups is 1. The summed E-state index contributed by atoms with van der Waals surface area (Å²) < 4.78 is 4.51. The molecule has 4 heteroatoms. The molecule has 0 saturated carbocycles. The summed E-state index contributed by atoms with van der Waals surface area (Å²) in [6.07, 6.45) is 0.681. The van der Waals surface area contributed by atoms with E-state index in [9.17, 15) is 4.79 Å². The van der Waals surface area contributed by atoms with Gasteiger partial charge in [-0.05, 0) is 11.1 Å². The number of hydrogen-bond acceptors (Lipinski definition) is 4. The number of rotatable bonds is 3. The molecule has 0 atom stereocenters. The van der Waals surface area contributed by atoms with Gasteiger partial charge in [-0.3, -0.25) is 0 Å². The highest BCUT2D eigenvalue weighted by molar-refractivity contribution is 6.16. The number of benzene rings is 1. The van der Waals surface area contributed by atoms with E-state index in [-0.39, 0.29) is 12.2 Å². The van der Waals surface area contributed by atoms with Crippen molar-refractivity contribution in [3.8, 4) is 0 Å². The van der Waals surface area contributed by atoms with Gasteiger partial charge in [-0.2, -0.15) is 0 Å². The number of hydrogen-bond donors (Lipinski definition) is 2. The fraction of sp³-hybridized carbons (Fsp3) is 0.182. The summed E-state index contributed by atoms with van der Waals surface area (Å²) >= 11 is 0. The van der Waals surface area contributed by atoms with Gasteiger partial charge in [0.2, 0.25) is 0 Å². The zero-order valence-corrected chi connectivity index (χ0v) is 8.30. The Hall–Kier alpha value is -1.81. The Morgan fingerprint density at radius 2 is 2.13 bits per heavy atom. The Bertz CT molecular complexity index is 382. The van der Waals surface area contributed by atoms with Crippen LogP contribution in [0.3, 0.4) is 0 Å². The van der Waals surface area contributed by atoms with Gasteiger partial charge < -0.3 is 14.9 Å². The number of ether oxygens (including phenoxy) is 1. The zero-order chi connectivity index (χ0) is 11.3. The van der Waals surface area contributed by atoms with E-state index in [1.54, 1.807) is 24.3 Å². The van der Waals surface area contributed by atoms with Crippen molar-refractivity contribution >= 4 is 11.5 Å². The average molecular weight is 208 g/mol. The van der Waals surface area contributed by atoms with E-state index >= 15 is 0 Å². The number of aliphatic hydroxyl groups excluding tert-OH is 2. The van der Waals surface area contributed by atoms with Crippen molar-refractivity contribution < 1.29 is 19.7 Å². The monoisotopic (exact) mass is 208 g/mol. The molecule has 0 heterocycles. The second-order valence-electron chi connectivity index (χ2n) is 2.85. The van der Waals surface area contributed by atoms with E-state index in [4.69, 9.17) is 10.2 Å². The lowest BCUT2D eigenvalue weighted by Gasteiger charge is -2.08. The van der Waals surface area contributed by atoms with Crippen LogP contribution in [0.15, 0.2) is 30.5 Å². The average Bonchev–Trinajstić information content (AvgIpc) is 2.30. The highest BCUT2D eigenvalue weighted by Crippen LogP contribution is 2.19. The molecule has 0 bridgehead atoms. The first-order valence-corrected chi connectivity index (χ1v) is 4.36. The van der Waals surface area contributed by atoms with E-state index in [2.05, 4.69) is 4.74 Å². The van der Waals surface area contributed by atoms with Gasteiger partial charge in [-0.25, -0.2) is 4.79 Å². The first kappa shape index (κ1) is 11.3. The molecule has 0 aliphatic heterocycles. The quantitative estimate of drug-likeness (QED) is 0.445. The van der Waals surface area contributed by atoms with Crippen molar-refractivity contribution in [1.29, 1.82) is 0 Å². The number of aliphatic hydroxyl groups is 2. The van der Waals surface area contributed by atoms with Crippen LogP contribution < -0.4 is 0 Å². The summed E-state index contributed by atoms with van der Waals surface area (Å²) in [4.78, 5) is 11.3. The minimum Gasteiger partial charge on any atom is -0.515 e. The number of esters is 1. The first-order chi connectivity index (χ1) is 7.24. The number of carbonyl (C=O) groups excluding carboxylic acids is 1. The van der Waals surface area contributed by atoms with E-state index in [1.807, 2.05) is 0 Å². The van der Waals surface area contributed by atoms with E-state index in [0.29, 0.717) is 17.4 Å². The van der Waals surface area contributed by atoms with Crippen LogP contribution in [0.5, 0.6) is 0 Å². The maximum absolute atomic E-state index is 11.3. The van der Waals surface area contributed by atoms with Crippen LogP contribution in [0.1, 0.15) is 11.1 Å². The molecule has 0 radical (unpaired) electrons. The topological polar surface area (TPSA) is 66.8 Å². The summed E-state index contributed by atoms with van der Waals surface area (Å²) in [6, 6.07) is 6.74. The van der Waals surface area contributed by atoms with E-state index in [1.165, 1.54) is 7.11 Å². The Balaban J connectivity index is 3.18. The molecule has 1 rings (SSSR count). The summed E-state index contributed by atoms with van der Waals surface area (Å²) in [5, 5.41) is 18.0. The predicted molar refractivity (Wildman–Crippen MR) is 55.0 cm³/mol. The lowest BCUT2D eigenvalue weighted by atomic mass is 10.0. The van der Waals surface area contributed by atoms with Crippen molar-refractivity contribution in [3.05, 3.63) is 41.7 Å². The second-order valence-corrected chi connectivity index (χ2v) is 2.85. The Morgan fingerprint density at radius 3 is 2.67 bits per heavy atom. The molecule has 0 aromatic heterocycles. The van der Waals surface area contributed by atoms with Crippen molar-refractivity contribution in [2.24, 2.45) is 0 Å². The summed E-state index contributed by atoms with van der Waals surface area (Å²) in [7, 11) is 1.23. The molecule has 0 aliphatic rings. The van der Waals surface area contributed by atoms with Crippen LogP contribution >= 0.6 is 0 Å². The van der Waals surface area contributed by atoms with Gasteiger partial charge >= 0.3 is 5.97 Å². The SMILES string of the molecule is COC(=O)/C(=C/O)c1ccccc1CO. The van der Waals surface area contributed by atoms with Gasteiger partial charge in [-0.1, -0.05) is 24.3 Å². The maximum atomic E-state index is 11.3. The van der Waals surface area contributed by atoms with Gasteiger partial charge in [0.25, 0.3) is 0 Å². The summed E-state index contributed by atoms with van der Waals surface area (Å²) in [6.45, 7) is -0.204. The van der Waals surface area contributed by atoms with Crippen LogP contribution in [0, 0.1) is 0 Å². The molecule has 0 spiro atoms. The molecule has 0 aliphatic carbocycles. The molecule has 0 saturated heterocycles. The van der Waals surface area contributed by atoms with E-state index in [0.717, 1.165) is 0 Å². The smallest absolute Gasteiger partial charge is 0.341 e. The molecular formula is C11H12O4. The lowest BCUT2D eigenvalue weighted by Crippen LogP contribution is -2.06. The largest absolute Gasteiger partial charge is 0.515 e. The zero-order valence-electron chi connectivity index (χ0n) is 8.30. The molecule has 0 fully saturated rings. The third-order valence-electron chi connectivity index (χ3n) is 2.01. The molecule has 0 amide bonds. The van der Waals surface area contributed by atoms with Crippen LogP contribution in [-0.4, -0.2) is 23.3 Å². The third kappa shape index (κ3) is 2.35. The van der Waals surface area contributed by atoms with Gasteiger partial charge in [0.1, 0.15) is 5.57 Å². The van der Waals surface area contributed by atoms with Crippen molar-refractivity contribution in [2.45, 2.75) is 6.61 Å². The standard InChI is InChI=1S/C11H12O4/c1-15-11(14)10(7-13)9-5-3-2-4-8(9)6-12/h2-5,7,12-13H,6H2,1H3/b10-7+. The molecule has 80 valence electrons. The van der Waals surface area contributed by atoms with E-state index < -0.39 is 5.97 Å². The molecule has 2 N–H and O–H groups in total. The van der Waals surface area contributed by atoms with Crippen LogP contribution in [0.4, 0.5) is 0 Å². The maximum Gasteiger partial charge on any atom is 0.341 e. The fourth-order valence-electron chi connectivity index (χ4n) is 1.26. The molecule has 0 unspecified atom stereocenters. The van der Waals surface area contributed by atoms with Gasteiger partial charge in [0.05, 0.1) is 20.0 Å². The van der Waals surface area contributed by atoms with Crippen molar-refractivity contribution in [3.63, 3.8) is 0 Å². The van der Waals surface area contributed by atoms with Crippen LogP contribution in [0.2, 0.25) is 0 Å². The Kier molecular flexibility index (Phi) is 3.88. The Labute approximate surface area is 87.4 Å². The highest BCUT2D eigenvalue weighted by atomic mass is 16.5. The summed E-state index contributed by atoms with van der Waals surface area (Å²) in [5.41, 5.74) is 1.06. The van der Waals surface area contributed by atoms with Gasteiger partial charge in [0, 0.05) is 0 Å². The molecular weight excluding hydrogens is 196 g/mol. The van der Waals surface area contributed by atoms with Crippen molar-refractivity contribution in [1.82, 2.24) is 0 Å². The number of methoxy groups -OCH3 is 1. The minimum absolute atomic E-state index is 0.0298. The van der Waals surface area contributed by atoms with Gasteiger partial charge in [-0.15, -0.1) is 0 Å². The molecule has 15 heavy (non-hydrogen) atoms. The van der Waals surface area contributed by atoms with Crippen LogP contribution in [0.25, 0.3) is 5.57 Å². The fourth-order valence-corrected chi connectivity index (χ4v) is 1.26. The summed E-state index contributed by atoms with van der Waals surface area (Å²) in [5.74, 6) is -0.640. The molecule has 1 aromatic carbocycles. The van der Waals surface area contributed by atoms with Crippen molar-refractivity contribution in [2.75, 3.05) is 7.11 Å². The van der Waals surface area contributed by atoms with Crippen LogP contribution in [-0.2, 0) is 16.1 Å². The normalized spacial score (nSPS) is 11.2. The lowest BCUT2D eigenvalue weighted by molar-refractivity contribution is -0.133. The first-order valence-electron chi connectivity index (χ1n) is 4.36. The molecule has 4 nitrogen and oxygen atoms in total.